The number of nitrogens with zero attached hydrogens (tertiary/aromatic N) is 1. The van der Waals surface area contributed by atoms with Gasteiger partial charge in [-0.1, -0.05) is 77.7 Å². The van der Waals surface area contributed by atoms with Crippen molar-refractivity contribution in [1.29, 1.82) is 0 Å². The molecule has 4 nitrogen and oxygen atoms in total. The van der Waals surface area contributed by atoms with E-state index >= 15 is 0 Å². The molecule has 1 aliphatic carbocycles. The van der Waals surface area contributed by atoms with Crippen molar-refractivity contribution in [3.63, 3.8) is 0 Å². The van der Waals surface area contributed by atoms with Crippen LogP contribution in [0.15, 0.2) is 24.3 Å². The molecule has 33 heavy (non-hydrogen) atoms. The van der Waals surface area contributed by atoms with E-state index < -0.39 is 0 Å². The third-order valence-corrected chi connectivity index (χ3v) is 7.47. The third kappa shape index (κ3) is 4.76. The van der Waals surface area contributed by atoms with Gasteiger partial charge in [-0.3, -0.25) is 19.3 Å². The van der Waals surface area contributed by atoms with E-state index in [1.807, 2.05) is 12.1 Å². The first-order valence-corrected chi connectivity index (χ1v) is 13.0. The van der Waals surface area contributed by atoms with Crippen molar-refractivity contribution < 1.29 is 14.4 Å². The van der Waals surface area contributed by atoms with Crippen molar-refractivity contribution in [3.05, 3.63) is 46.5 Å². The Kier molecular flexibility index (Phi) is 7.62. The van der Waals surface area contributed by atoms with Crippen LogP contribution in [0, 0.1) is 5.92 Å². The van der Waals surface area contributed by atoms with Crippen molar-refractivity contribution >= 4 is 28.4 Å². The van der Waals surface area contributed by atoms with E-state index in [1.165, 1.54) is 49.8 Å². The molecule has 0 fully saturated rings. The molecule has 0 radical (unpaired) electrons. The maximum absolute atomic E-state index is 13.5. The van der Waals surface area contributed by atoms with Crippen LogP contribution in [0.1, 0.15) is 121 Å². The number of amides is 2. The highest BCUT2D eigenvalue weighted by Crippen LogP contribution is 2.38. The van der Waals surface area contributed by atoms with Gasteiger partial charge >= 0.3 is 0 Å². The Bertz CT molecular complexity index is 1030. The summed E-state index contributed by atoms with van der Waals surface area (Å²) in [5, 5.41) is 1.52. The van der Waals surface area contributed by atoms with Gasteiger partial charge in [0.25, 0.3) is 11.8 Å². The van der Waals surface area contributed by atoms with Crippen LogP contribution in [0.4, 0.5) is 0 Å². The molecule has 0 bridgehead atoms. The van der Waals surface area contributed by atoms with Crippen LogP contribution in [-0.2, 0) is 6.42 Å². The lowest BCUT2D eigenvalue weighted by Gasteiger charge is -2.31. The van der Waals surface area contributed by atoms with Crippen molar-refractivity contribution in [2.45, 2.75) is 90.9 Å². The van der Waals surface area contributed by atoms with Gasteiger partial charge < -0.3 is 0 Å². The van der Waals surface area contributed by atoms with Gasteiger partial charge in [0.2, 0.25) is 0 Å². The van der Waals surface area contributed by atoms with Crippen LogP contribution in [0.2, 0.25) is 0 Å². The normalized spacial score (nSPS) is 15.7. The molecule has 2 aromatic carbocycles. The number of rotatable bonds is 13. The second-order valence-electron chi connectivity index (χ2n) is 9.92. The van der Waals surface area contributed by atoms with Gasteiger partial charge in [0, 0.05) is 35.0 Å². The average Bonchev–Trinajstić information content (AvgIpc) is 3.15. The lowest BCUT2D eigenvalue weighted by atomic mass is 9.89. The Morgan fingerprint density at radius 1 is 0.697 bits per heavy atom. The molecule has 0 N–H and O–H groups in total. The summed E-state index contributed by atoms with van der Waals surface area (Å²) >= 11 is 0. The number of imide groups is 1. The molecule has 2 aliphatic rings. The highest BCUT2D eigenvalue weighted by molar-refractivity contribution is 6.29. The molecule has 4 rings (SSSR count). The number of ketones is 1. The minimum atomic E-state index is -0.194. The first-order valence-electron chi connectivity index (χ1n) is 13.0. The maximum atomic E-state index is 13.5. The predicted molar refractivity (Wildman–Crippen MR) is 133 cm³/mol. The number of benzene rings is 2. The van der Waals surface area contributed by atoms with E-state index in [4.69, 9.17) is 0 Å². The van der Waals surface area contributed by atoms with Crippen LogP contribution < -0.4 is 0 Å². The monoisotopic (exact) mass is 447 g/mol. The molecule has 0 spiro atoms. The van der Waals surface area contributed by atoms with Crippen LogP contribution in [0.5, 0.6) is 0 Å². The Morgan fingerprint density at radius 3 is 1.88 bits per heavy atom. The molecule has 2 aromatic rings. The summed E-state index contributed by atoms with van der Waals surface area (Å²) in [6, 6.07) is 7.27. The molecular weight excluding hydrogens is 410 g/mol. The number of unbranched alkanes of at least 4 members (excludes halogenated alkanes) is 7. The van der Waals surface area contributed by atoms with Crippen molar-refractivity contribution in [3.8, 4) is 0 Å². The summed E-state index contributed by atoms with van der Waals surface area (Å²) in [6.45, 7) is 4.95. The van der Waals surface area contributed by atoms with Gasteiger partial charge in [-0.25, -0.2) is 0 Å². The SMILES string of the molecule is CCCCCCCC(CCCCCC)CN1C(=O)c2ccc3c4c(ccc(c24)C1=O)C(=O)C3. The minimum Gasteiger partial charge on any atom is -0.294 e. The Hall–Kier alpha value is -2.49. The van der Waals surface area contributed by atoms with Crippen molar-refractivity contribution in [1.82, 2.24) is 4.90 Å². The Morgan fingerprint density at radius 2 is 1.24 bits per heavy atom. The lowest BCUT2D eigenvalue weighted by molar-refractivity contribution is 0.0577. The first kappa shape index (κ1) is 23.7. The molecule has 0 aromatic heterocycles. The van der Waals surface area contributed by atoms with Gasteiger partial charge in [-0.2, -0.15) is 0 Å². The van der Waals surface area contributed by atoms with Crippen LogP contribution in [-0.4, -0.2) is 29.0 Å². The standard InChI is InChI=1S/C29H37NO3/c1-3-5-7-9-11-13-20(12-10-8-6-4-2)19-30-28(32)23-15-14-21-18-25(31)22-16-17-24(29(30)33)27(23)26(21)22/h14-17,20H,3-13,18-19H2,1-2H3. The fraction of sp³-hybridized carbons (Fsp3) is 0.552. The Balaban J connectivity index is 1.54. The van der Waals surface area contributed by atoms with Crippen LogP contribution in [0.25, 0.3) is 10.8 Å². The van der Waals surface area contributed by atoms with Gasteiger partial charge in [0.15, 0.2) is 5.78 Å². The van der Waals surface area contributed by atoms with Gasteiger partial charge in [-0.15, -0.1) is 0 Å². The first-order chi connectivity index (χ1) is 16.1. The molecule has 1 atom stereocenters. The van der Waals surface area contributed by atoms with E-state index in [9.17, 15) is 14.4 Å². The number of hydrogen-bond acceptors (Lipinski definition) is 3. The highest BCUT2D eigenvalue weighted by atomic mass is 16.2. The molecule has 176 valence electrons. The van der Waals surface area contributed by atoms with Crippen molar-refractivity contribution in [2.24, 2.45) is 5.92 Å². The molecule has 1 aliphatic heterocycles. The molecule has 0 saturated heterocycles. The number of Topliss-reactive ketones (excluding diaryl/α,β-unsaturated/α-hetero) is 1. The van der Waals surface area contributed by atoms with E-state index in [2.05, 4.69) is 13.8 Å². The quantitative estimate of drug-likeness (QED) is 0.243. The molecule has 1 unspecified atom stereocenters. The largest absolute Gasteiger partial charge is 0.294 e. The highest BCUT2D eigenvalue weighted by Gasteiger charge is 2.37. The third-order valence-electron chi connectivity index (χ3n) is 7.47. The maximum Gasteiger partial charge on any atom is 0.261 e. The number of carbonyl (C=O) groups is 3. The minimum absolute atomic E-state index is 0.0752. The van der Waals surface area contributed by atoms with Gasteiger partial charge in [0.05, 0.1) is 0 Å². The number of hydrogen-bond donors (Lipinski definition) is 0. The summed E-state index contributed by atoms with van der Waals surface area (Å²) in [5.74, 6) is 0.0376. The summed E-state index contributed by atoms with van der Waals surface area (Å²) in [7, 11) is 0. The molecule has 2 amide bonds. The Labute approximate surface area is 197 Å². The van der Waals surface area contributed by atoms with Crippen LogP contribution >= 0.6 is 0 Å². The zero-order valence-electron chi connectivity index (χ0n) is 20.3. The fourth-order valence-electron chi connectivity index (χ4n) is 5.60. The topological polar surface area (TPSA) is 54.5 Å². The van der Waals surface area contributed by atoms with E-state index in [-0.39, 0.29) is 17.6 Å². The second kappa shape index (κ2) is 10.6. The number of carbonyl (C=O) groups excluding carboxylic acids is 3. The molecule has 0 saturated carbocycles. The molecule has 4 heteroatoms. The average molecular weight is 448 g/mol. The van der Waals surface area contributed by atoms with Crippen LogP contribution in [0.3, 0.4) is 0 Å². The zero-order valence-corrected chi connectivity index (χ0v) is 20.3. The predicted octanol–water partition coefficient (Wildman–Crippen LogP) is 7.12. The molecular formula is C29H37NO3. The van der Waals surface area contributed by atoms with Gasteiger partial charge in [-0.05, 0) is 47.9 Å². The van der Waals surface area contributed by atoms with Crippen molar-refractivity contribution in [2.75, 3.05) is 6.54 Å². The summed E-state index contributed by atoms with van der Waals surface area (Å²) in [5.41, 5.74) is 2.74. The second-order valence-corrected chi connectivity index (χ2v) is 9.92. The smallest absolute Gasteiger partial charge is 0.261 e. The fourth-order valence-corrected chi connectivity index (χ4v) is 5.60. The zero-order chi connectivity index (χ0) is 23.4. The summed E-state index contributed by atoms with van der Waals surface area (Å²) in [6.07, 6.45) is 13.5. The van der Waals surface area contributed by atoms with E-state index in [0.717, 1.165) is 36.6 Å². The molecule has 1 heterocycles. The summed E-state index contributed by atoms with van der Waals surface area (Å²) in [4.78, 5) is 40.8. The van der Waals surface area contributed by atoms with E-state index in [0.29, 0.717) is 41.0 Å². The lowest BCUT2D eigenvalue weighted by Crippen LogP contribution is -2.43. The van der Waals surface area contributed by atoms with E-state index in [1.54, 1.807) is 12.1 Å². The summed E-state index contributed by atoms with van der Waals surface area (Å²) < 4.78 is 0. The van der Waals surface area contributed by atoms with Gasteiger partial charge in [0.1, 0.15) is 0 Å².